The van der Waals surface area contributed by atoms with E-state index >= 15 is 0 Å². The number of benzene rings is 2. The molecule has 0 aromatic heterocycles. The van der Waals surface area contributed by atoms with E-state index in [9.17, 15) is 5.11 Å². The maximum atomic E-state index is 9.89. The van der Waals surface area contributed by atoms with Crippen LogP contribution >= 0.6 is 15.9 Å². The minimum absolute atomic E-state index is 0.0524. The number of ether oxygens (including phenoxy) is 1. The highest BCUT2D eigenvalue weighted by Crippen LogP contribution is 2.29. The van der Waals surface area contributed by atoms with Crippen molar-refractivity contribution in [2.45, 2.75) is 25.4 Å². The van der Waals surface area contributed by atoms with E-state index in [4.69, 9.17) is 4.74 Å². The molecule has 0 radical (unpaired) electrons. The summed E-state index contributed by atoms with van der Waals surface area (Å²) in [5.74, 6) is 0.924. The number of rotatable bonds is 4. The van der Waals surface area contributed by atoms with Gasteiger partial charge in [0.05, 0.1) is 12.1 Å². The summed E-state index contributed by atoms with van der Waals surface area (Å²) in [6.45, 7) is 3.32. The summed E-state index contributed by atoms with van der Waals surface area (Å²) in [6, 6.07) is 14.3. The van der Waals surface area contributed by atoms with Crippen molar-refractivity contribution in [3.63, 3.8) is 0 Å². The van der Waals surface area contributed by atoms with E-state index in [2.05, 4.69) is 52.4 Å². The summed E-state index contributed by atoms with van der Waals surface area (Å²) in [7, 11) is 0. The monoisotopic (exact) mass is 361 g/mol. The van der Waals surface area contributed by atoms with Gasteiger partial charge >= 0.3 is 0 Å². The fourth-order valence-electron chi connectivity index (χ4n) is 2.80. The number of para-hydroxylation sites is 1. The number of halogens is 1. The molecule has 2 N–H and O–H groups in total. The first-order valence-electron chi connectivity index (χ1n) is 7.43. The second-order valence-electron chi connectivity index (χ2n) is 5.95. The van der Waals surface area contributed by atoms with Gasteiger partial charge in [-0.25, -0.2) is 0 Å². The Morgan fingerprint density at radius 1 is 1.27 bits per heavy atom. The number of hydrogen-bond acceptors (Lipinski definition) is 3. The highest BCUT2D eigenvalue weighted by Gasteiger charge is 2.34. The van der Waals surface area contributed by atoms with Gasteiger partial charge in [0.1, 0.15) is 12.4 Å². The minimum Gasteiger partial charge on any atom is -0.491 e. The first-order chi connectivity index (χ1) is 10.6. The number of nitrogens with one attached hydrogen (secondary N) is 1. The molecule has 0 bridgehead atoms. The van der Waals surface area contributed by atoms with Crippen LogP contribution in [-0.2, 0) is 13.0 Å². The van der Waals surface area contributed by atoms with Gasteiger partial charge in [0.15, 0.2) is 0 Å². The molecule has 0 spiro atoms. The predicted molar refractivity (Wildman–Crippen MR) is 91.2 cm³/mol. The first kappa shape index (κ1) is 15.5. The molecule has 116 valence electrons. The van der Waals surface area contributed by atoms with Crippen molar-refractivity contribution in [2.24, 2.45) is 0 Å². The maximum Gasteiger partial charge on any atom is 0.122 e. The maximum absolute atomic E-state index is 9.89. The van der Waals surface area contributed by atoms with E-state index in [1.54, 1.807) is 0 Å². The van der Waals surface area contributed by atoms with E-state index in [1.165, 1.54) is 11.1 Å². The summed E-state index contributed by atoms with van der Waals surface area (Å²) < 4.78 is 6.95. The SMILES string of the molecule is Cc1cc(CNC2(CO)COc3ccccc3C2)ccc1Br. The number of aliphatic hydroxyl groups is 1. The van der Waals surface area contributed by atoms with Crippen molar-refractivity contribution in [2.75, 3.05) is 13.2 Å². The molecule has 1 heterocycles. The Balaban J connectivity index is 1.73. The first-order valence-corrected chi connectivity index (χ1v) is 8.23. The largest absolute Gasteiger partial charge is 0.491 e. The third-order valence-electron chi connectivity index (χ3n) is 4.20. The average molecular weight is 362 g/mol. The number of aryl methyl sites for hydroxylation is 1. The molecule has 4 heteroatoms. The number of hydrogen-bond donors (Lipinski definition) is 2. The lowest BCUT2D eigenvalue weighted by Crippen LogP contribution is -2.56. The van der Waals surface area contributed by atoms with Crippen molar-refractivity contribution < 1.29 is 9.84 Å². The van der Waals surface area contributed by atoms with Crippen molar-refractivity contribution in [3.8, 4) is 5.75 Å². The Hall–Kier alpha value is -1.36. The van der Waals surface area contributed by atoms with Crippen LogP contribution in [-0.4, -0.2) is 23.9 Å². The Morgan fingerprint density at radius 3 is 2.86 bits per heavy atom. The second kappa shape index (κ2) is 6.41. The molecule has 0 saturated heterocycles. The lowest BCUT2D eigenvalue weighted by Gasteiger charge is -2.37. The van der Waals surface area contributed by atoms with Gasteiger partial charge in [-0.15, -0.1) is 0 Å². The normalized spacial score (nSPS) is 20.3. The van der Waals surface area contributed by atoms with E-state index in [0.717, 1.165) is 22.2 Å². The predicted octanol–water partition coefficient (Wildman–Crippen LogP) is 3.21. The summed E-state index contributed by atoms with van der Waals surface area (Å²) in [5.41, 5.74) is 3.13. The molecule has 3 rings (SSSR count). The number of aliphatic hydroxyl groups excluding tert-OH is 1. The van der Waals surface area contributed by atoms with Crippen LogP contribution in [0, 0.1) is 6.92 Å². The lowest BCUT2D eigenvalue weighted by molar-refractivity contribution is 0.0861. The Kier molecular flexibility index (Phi) is 4.52. The summed E-state index contributed by atoms with van der Waals surface area (Å²) in [5, 5.41) is 13.4. The zero-order valence-electron chi connectivity index (χ0n) is 12.6. The van der Waals surface area contributed by atoms with E-state index < -0.39 is 5.54 Å². The van der Waals surface area contributed by atoms with Gasteiger partial charge in [-0.1, -0.05) is 46.3 Å². The van der Waals surface area contributed by atoms with Gasteiger partial charge in [-0.2, -0.15) is 0 Å². The third-order valence-corrected chi connectivity index (χ3v) is 5.09. The molecule has 3 nitrogen and oxygen atoms in total. The van der Waals surface area contributed by atoms with Crippen LogP contribution in [0.3, 0.4) is 0 Å². The Morgan fingerprint density at radius 2 is 2.09 bits per heavy atom. The van der Waals surface area contributed by atoms with Crippen molar-refractivity contribution in [1.82, 2.24) is 5.32 Å². The molecule has 1 aliphatic heterocycles. The van der Waals surface area contributed by atoms with Gasteiger partial charge in [0, 0.05) is 11.0 Å². The van der Waals surface area contributed by atoms with Gasteiger partial charge in [-0.3, -0.25) is 0 Å². The lowest BCUT2D eigenvalue weighted by atomic mass is 9.89. The summed E-state index contributed by atoms with van der Waals surface area (Å²) in [6.07, 6.45) is 0.773. The molecular formula is C18H20BrNO2. The molecule has 0 fully saturated rings. The molecule has 0 amide bonds. The van der Waals surface area contributed by atoms with Crippen molar-refractivity contribution >= 4 is 15.9 Å². The molecule has 1 atom stereocenters. The topological polar surface area (TPSA) is 41.5 Å². The van der Waals surface area contributed by atoms with Gasteiger partial charge in [0.25, 0.3) is 0 Å². The summed E-state index contributed by atoms with van der Waals surface area (Å²) >= 11 is 3.52. The molecule has 1 unspecified atom stereocenters. The molecule has 22 heavy (non-hydrogen) atoms. The van der Waals surface area contributed by atoms with Crippen LogP contribution in [0.15, 0.2) is 46.9 Å². The van der Waals surface area contributed by atoms with E-state index in [0.29, 0.717) is 13.2 Å². The average Bonchev–Trinajstić information content (AvgIpc) is 2.56. The Bertz CT molecular complexity index is 674. The van der Waals surface area contributed by atoms with E-state index in [-0.39, 0.29) is 6.61 Å². The fraction of sp³-hybridized carbons (Fsp3) is 0.333. The molecule has 2 aromatic carbocycles. The van der Waals surface area contributed by atoms with Gasteiger partial charge in [0.2, 0.25) is 0 Å². The molecular weight excluding hydrogens is 342 g/mol. The summed E-state index contributed by atoms with van der Waals surface area (Å²) in [4.78, 5) is 0. The Labute approximate surface area is 139 Å². The standard InChI is InChI=1S/C18H20BrNO2/c1-13-8-14(6-7-16(13)19)10-20-18(11-21)9-15-4-2-3-5-17(15)22-12-18/h2-8,20-21H,9-12H2,1H3. The minimum atomic E-state index is -0.421. The van der Waals surface area contributed by atoms with Crippen LogP contribution < -0.4 is 10.1 Å². The van der Waals surface area contributed by atoms with Crippen molar-refractivity contribution in [1.29, 1.82) is 0 Å². The van der Waals surface area contributed by atoms with Crippen LogP contribution in [0.1, 0.15) is 16.7 Å². The van der Waals surface area contributed by atoms with Crippen LogP contribution in [0.25, 0.3) is 0 Å². The molecule has 1 aliphatic rings. The highest BCUT2D eigenvalue weighted by atomic mass is 79.9. The van der Waals surface area contributed by atoms with Gasteiger partial charge < -0.3 is 15.2 Å². The zero-order valence-corrected chi connectivity index (χ0v) is 14.2. The van der Waals surface area contributed by atoms with Crippen molar-refractivity contribution in [3.05, 3.63) is 63.6 Å². The van der Waals surface area contributed by atoms with Crippen LogP contribution in [0.2, 0.25) is 0 Å². The molecule has 0 aliphatic carbocycles. The van der Waals surface area contributed by atoms with E-state index in [1.807, 2.05) is 18.2 Å². The fourth-order valence-corrected chi connectivity index (χ4v) is 3.05. The van der Waals surface area contributed by atoms with Gasteiger partial charge in [-0.05, 0) is 42.2 Å². The zero-order chi connectivity index (χ0) is 15.6. The number of fused-ring (bicyclic) bond motifs is 1. The highest BCUT2D eigenvalue weighted by molar-refractivity contribution is 9.10. The second-order valence-corrected chi connectivity index (χ2v) is 6.80. The van der Waals surface area contributed by atoms with Crippen LogP contribution in [0.4, 0.5) is 0 Å². The molecule has 2 aromatic rings. The quantitative estimate of drug-likeness (QED) is 0.878. The smallest absolute Gasteiger partial charge is 0.122 e. The van der Waals surface area contributed by atoms with Crippen LogP contribution in [0.5, 0.6) is 5.75 Å². The third kappa shape index (κ3) is 3.19. The molecule has 0 saturated carbocycles.